The van der Waals surface area contributed by atoms with E-state index in [1.165, 1.54) is 12.0 Å². The zero-order chi connectivity index (χ0) is 24.6. The maximum absolute atomic E-state index is 9.60. The minimum atomic E-state index is 0.509. The van der Waals surface area contributed by atoms with Gasteiger partial charge in [-0.2, -0.15) is 10.4 Å². The highest BCUT2D eigenvalue weighted by atomic mass is 16.5. The first kappa shape index (κ1) is 22.1. The predicted molar refractivity (Wildman–Crippen MR) is 135 cm³/mol. The number of hydrogen-bond acceptors (Lipinski definition) is 6. The number of pyridine rings is 3. The van der Waals surface area contributed by atoms with Crippen LogP contribution in [0.4, 0.5) is 5.82 Å². The molecule has 3 fully saturated rings. The lowest BCUT2D eigenvalue weighted by Crippen LogP contribution is -2.68. The molecule has 2 unspecified atom stereocenters. The van der Waals surface area contributed by atoms with Crippen molar-refractivity contribution in [1.29, 1.82) is 5.26 Å². The Morgan fingerprint density at radius 2 is 2.06 bits per heavy atom. The van der Waals surface area contributed by atoms with E-state index in [4.69, 9.17) is 16.1 Å². The van der Waals surface area contributed by atoms with Crippen LogP contribution in [-0.2, 0) is 6.54 Å². The Hall–Kier alpha value is -4.40. The number of terminal acetylenes is 1. The van der Waals surface area contributed by atoms with Gasteiger partial charge in [-0.25, -0.2) is 9.97 Å². The molecular formula is C28H26N7O+. The Balaban J connectivity index is 1.20. The Bertz CT molecular complexity index is 1480. The van der Waals surface area contributed by atoms with Crippen LogP contribution in [0, 0.1) is 23.7 Å². The van der Waals surface area contributed by atoms with Crippen LogP contribution in [0.5, 0.6) is 5.75 Å². The molecule has 3 aliphatic heterocycles. The predicted octanol–water partition coefficient (Wildman–Crippen LogP) is 2.93. The third-order valence-corrected chi connectivity index (χ3v) is 7.14. The number of ether oxygens (including phenoxy) is 1. The Morgan fingerprint density at radius 3 is 2.72 bits per heavy atom. The zero-order valence-electron chi connectivity index (χ0n) is 20.1. The smallest absolute Gasteiger partial charge is 0.263 e. The molecule has 8 nitrogen and oxygen atoms in total. The highest BCUT2D eigenvalue weighted by Gasteiger charge is 2.44. The van der Waals surface area contributed by atoms with E-state index in [0.717, 1.165) is 47.8 Å². The molecule has 7 rings (SSSR count). The second-order valence-corrected chi connectivity index (χ2v) is 9.26. The first-order valence-electron chi connectivity index (χ1n) is 12.1. The van der Waals surface area contributed by atoms with Gasteiger partial charge in [-0.05, 0) is 37.1 Å². The van der Waals surface area contributed by atoms with Gasteiger partial charge in [-0.15, -0.1) is 6.42 Å². The summed E-state index contributed by atoms with van der Waals surface area (Å²) in [6.07, 6.45) is 14.0. The lowest BCUT2D eigenvalue weighted by Gasteiger charge is -2.56. The van der Waals surface area contributed by atoms with E-state index in [2.05, 4.69) is 50.1 Å². The van der Waals surface area contributed by atoms with Crippen molar-refractivity contribution < 1.29 is 9.25 Å². The molecule has 4 aromatic rings. The number of H-pyrrole nitrogens is 1. The minimum Gasteiger partial charge on any atom is -0.488 e. The van der Waals surface area contributed by atoms with Crippen LogP contribution >= 0.6 is 0 Å². The van der Waals surface area contributed by atoms with Crippen LogP contribution in [0.25, 0.3) is 16.6 Å². The van der Waals surface area contributed by atoms with E-state index in [-0.39, 0.29) is 0 Å². The number of anilines is 1. The average molecular weight is 477 g/mol. The van der Waals surface area contributed by atoms with Gasteiger partial charge >= 0.3 is 0 Å². The summed E-state index contributed by atoms with van der Waals surface area (Å²) in [5, 5.41) is 12.7. The summed E-state index contributed by atoms with van der Waals surface area (Å²) >= 11 is 0. The lowest BCUT2D eigenvalue weighted by atomic mass is 9.87. The molecule has 36 heavy (non-hydrogen) atoms. The normalized spacial score (nSPS) is 18.9. The quantitative estimate of drug-likeness (QED) is 0.340. The molecule has 2 atom stereocenters. The SMILES string of the molecule is C#Cc1ccc(CN2C3CC2CN(c2ccc(-c4cc(OCC)c[n+]5[nH]cc(C#N)c45)cn2)C3)cn1. The van der Waals surface area contributed by atoms with Gasteiger partial charge in [0.25, 0.3) is 5.52 Å². The second-order valence-electron chi connectivity index (χ2n) is 9.26. The second kappa shape index (κ2) is 8.99. The highest BCUT2D eigenvalue weighted by Crippen LogP contribution is 2.36. The molecule has 0 saturated carbocycles. The van der Waals surface area contributed by atoms with E-state index in [1.807, 2.05) is 42.2 Å². The third-order valence-electron chi connectivity index (χ3n) is 7.14. The number of nitrogens with zero attached hydrogens (tertiary/aromatic N) is 6. The number of hydrogen-bond donors (Lipinski definition) is 1. The molecule has 3 aliphatic rings. The molecule has 7 heterocycles. The van der Waals surface area contributed by atoms with Crippen molar-refractivity contribution in [3.8, 4) is 35.3 Å². The monoisotopic (exact) mass is 476 g/mol. The standard InChI is InChI=1S/C28H25N7O/c1-3-22-7-5-19(12-30-22)15-34-23-9-24(34)17-33(16-23)27-8-6-20(13-31-27)26-10-25(36-4-2)18-35-28(26)21(11-29)14-32-35/h1,5-8,10,12-14,18,23-24H,4,9,15-17H2,2H3/p+1. The van der Waals surface area contributed by atoms with Crippen LogP contribution in [0.3, 0.4) is 0 Å². The molecular weight excluding hydrogens is 450 g/mol. The van der Waals surface area contributed by atoms with Crippen LogP contribution in [-0.4, -0.2) is 51.7 Å². The van der Waals surface area contributed by atoms with Crippen molar-refractivity contribution in [2.75, 3.05) is 24.6 Å². The molecule has 0 spiro atoms. The molecule has 2 bridgehead atoms. The number of piperidine rings is 1. The maximum atomic E-state index is 9.60. The number of nitriles is 1. The van der Waals surface area contributed by atoms with Crippen molar-refractivity contribution in [2.24, 2.45) is 0 Å². The Kier molecular flexibility index (Phi) is 5.52. The fraction of sp³-hybridized carbons (Fsp3) is 0.286. The number of aromatic amines is 1. The fourth-order valence-corrected chi connectivity index (χ4v) is 5.38. The number of fused-ring (bicyclic) bond motifs is 3. The summed E-state index contributed by atoms with van der Waals surface area (Å²) in [6, 6.07) is 13.4. The summed E-state index contributed by atoms with van der Waals surface area (Å²) in [4.78, 5) is 14.1. The molecule has 0 aromatic carbocycles. The topological polar surface area (TPSA) is 85.2 Å². The molecule has 0 aliphatic carbocycles. The molecule has 0 amide bonds. The van der Waals surface area contributed by atoms with Gasteiger partial charge in [-0.1, -0.05) is 16.5 Å². The summed E-state index contributed by atoms with van der Waals surface area (Å²) in [5.74, 6) is 4.29. The zero-order valence-corrected chi connectivity index (χ0v) is 20.1. The Morgan fingerprint density at radius 1 is 1.19 bits per heavy atom. The molecule has 0 radical (unpaired) electrons. The summed E-state index contributed by atoms with van der Waals surface area (Å²) in [5.41, 5.74) is 5.12. The van der Waals surface area contributed by atoms with Crippen molar-refractivity contribution in [1.82, 2.24) is 20.0 Å². The molecule has 3 saturated heterocycles. The fourth-order valence-electron chi connectivity index (χ4n) is 5.38. The average Bonchev–Trinajstić information content (AvgIpc) is 3.35. The first-order valence-corrected chi connectivity index (χ1v) is 12.1. The van der Waals surface area contributed by atoms with Crippen molar-refractivity contribution in [3.63, 3.8) is 0 Å². The number of rotatable bonds is 6. The van der Waals surface area contributed by atoms with Gasteiger partial charge in [0, 0.05) is 55.7 Å². The van der Waals surface area contributed by atoms with E-state index in [9.17, 15) is 5.26 Å². The molecule has 8 heteroatoms. The van der Waals surface area contributed by atoms with Gasteiger partial charge in [-0.3, -0.25) is 4.90 Å². The first-order chi connectivity index (χ1) is 17.7. The number of piperazine rings is 1. The summed E-state index contributed by atoms with van der Waals surface area (Å²) < 4.78 is 7.58. The molecule has 1 N–H and O–H groups in total. The van der Waals surface area contributed by atoms with Crippen LogP contribution in [0.15, 0.2) is 55.1 Å². The van der Waals surface area contributed by atoms with Crippen molar-refractivity contribution >= 4 is 11.3 Å². The van der Waals surface area contributed by atoms with Crippen molar-refractivity contribution in [2.45, 2.75) is 32.0 Å². The van der Waals surface area contributed by atoms with Gasteiger partial charge in [0.1, 0.15) is 23.1 Å². The van der Waals surface area contributed by atoms with Crippen LogP contribution in [0.2, 0.25) is 0 Å². The van der Waals surface area contributed by atoms with Gasteiger partial charge < -0.3 is 9.64 Å². The van der Waals surface area contributed by atoms with Gasteiger partial charge in [0.05, 0.1) is 18.4 Å². The largest absolute Gasteiger partial charge is 0.488 e. The van der Waals surface area contributed by atoms with E-state index in [1.54, 1.807) is 6.20 Å². The van der Waals surface area contributed by atoms with Crippen LogP contribution in [0.1, 0.15) is 30.2 Å². The molecule has 178 valence electrons. The third kappa shape index (κ3) is 3.82. The van der Waals surface area contributed by atoms with E-state index >= 15 is 0 Å². The van der Waals surface area contributed by atoms with Gasteiger partial charge in [0.15, 0.2) is 5.75 Å². The summed E-state index contributed by atoms with van der Waals surface area (Å²) in [6.45, 7) is 5.32. The van der Waals surface area contributed by atoms with Crippen molar-refractivity contribution in [3.05, 3.63) is 71.9 Å². The number of nitrogens with one attached hydrogen (secondary N) is 1. The van der Waals surface area contributed by atoms with E-state index in [0.29, 0.717) is 29.9 Å². The Labute approximate surface area is 209 Å². The highest BCUT2D eigenvalue weighted by molar-refractivity contribution is 5.82. The lowest BCUT2D eigenvalue weighted by molar-refractivity contribution is -0.576. The maximum Gasteiger partial charge on any atom is 0.263 e. The van der Waals surface area contributed by atoms with Gasteiger partial charge in [0.2, 0.25) is 6.20 Å². The van der Waals surface area contributed by atoms with E-state index < -0.39 is 0 Å². The molecule has 4 aromatic heterocycles. The minimum absolute atomic E-state index is 0.509. The number of aromatic nitrogens is 4. The summed E-state index contributed by atoms with van der Waals surface area (Å²) in [7, 11) is 0. The van der Waals surface area contributed by atoms with Crippen LogP contribution < -0.4 is 14.2 Å².